The summed E-state index contributed by atoms with van der Waals surface area (Å²) in [6, 6.07) is 14.1. The summed E-state index contributed by atoms with van der Waals surface area (Å²) in [5.74, 6) is -0.813. The van der Waals surface area contributed by atoms with Crippen molar-refractivity contribution in [1.82, 2.24) is 4.90 Å². The van der Waals surface area contributed by atoms with Crippen LogP contribution in [0.3, 0.4) is 0 Å². The minimum Gasteiger partial charge on any atom is -0.378 e. The average Bonchev–Trinajstić information content (AvgIpc) is 2.73. The molecule has 7 heteroatoms. The number of nitrogens with zero attached hydrogens (tertiary/aromatic N) is 2. The molecule has 1 heterocycles. The van der Waals surface area contributed by atoms with Crippen LogP contribution in [-0.2, 0) is 20.7 Å². The molecule has 0 radical (unpaired) electrons. The smallest absolute Gasteiger partial charge is 0.244 e. The Morgan fingerprint density at radius 2 is 1.79 bits per heavy atom. The van der Waals surface area contributed by atoms with Crippen molar-refractivity contribution in [1.29, 1.82) is 0 Å². The Bertz CT molecular complexity index is 853. The van der Waals surface area contributed by atoms with Crippen molar-refractivity contribution in [3.63, 3.8) is 0 Å². The second-order valence-electron chi connectivity index (χ2n) is 6.95. The molecule has 6 nitrogen and oxygen atoms in total. The average molecular weight is 399 g/mol. The van der Waals surface area contributed by atoms with Gasteiger partial charge in [-0.3, -0.25) is 9.59 Å². The first-order chi connectivity index (χ1) is 14.0. The number of nitrogens with one attached hydrogen (secondary N) is 1. The first kappa shape index (κ1) is 20.8. The summed E-state index contributed by atoms with van der Waals surface area (Å²) in [6.45, 7) is 4.42. The van der Waals surface area contributed by atoms with E-state index in [0.29, 0.717) is 30.9 Å². The van der Waals surface area contributed by atoms with Crippen LogP contribution in [0, 0.1) is 5.82 Å². The van der Waals surface area contributed by atoms with Gasteiger partial charge in [0.25, 0.3) is 0 Å². The number of rotatable bonds is 7. The molecule has 29 heavy (non-hydrogen) atoms. The van der Waals surface area contributed by atoms with Gasteiger partial charge in [-0.25, -0.2) is 4.39 Å². The number of ether oxygens (including phenoxy) is 1. The van der Waals surface area contributed by atoms with Gasteiger partial charge >= 0.3 is 0 Å². The topological polar surface area (TPSA) is 61.9 Å². The molecule has 2 aromatic rings. The van der Waals surface area contributed by atoms with E-state index in [4.69, 9.17) is 4.74 Å². The van der Waals surface area contributed by atoms with Gasteiger partial charge in [0.2, 0.25) is 11.8 Å². The van der Waals surface area contributed by atoms with Crippen molar-refractivity contribution in [3.8, 4) is 0 Å². The monoisotopic (exact) mass is 399 g/mol. The van der Waals surface area contributed by atoms with Gasteiger partial charge in [0.1, 0.15) is 5.82 Å². The first-order valence-corrected chi connectivity index (χ1v) is 9.75. The van der Waals surface area contributed by atoms with Gasteiger partial charge in [-0.2, -0.15) is 0 Å². The van der Waals surface area contributed by atoms with E-state index < -0.39 is 0 Å². The van der Waals surface area contributed by atoms with E-state index in [2.05, 4.69) is 10.2 Å². The van der Waals surface area contributed by atoms with Gasteiger partial charge in [0.15, 0.2) is 0 Å². The fourth-order valence-corrected chi connectivity index (χ4v) is 3.33. The number of halogens is 1. The van der Waals surface area contributed by atoms with Crippen LogP contribution in [0.15, 0.2) is 48.5 Å². The maximum absolute atomic E-state index is 13.8. The second kappa shape index (κ2) is 10.0. The van der Waals surface area contributed by atoms with Crippen LogP contribution in [-0.4, -0.2) is 56.1 Å². The van der Waals surface area contributed by atoms with Crippen molar-refractivity contribution >= 4 is 23.2 Å². The molecule has 1 fully saturated rings. The minimum atomic E-state index is -0.306. The molecule has 2 amide bonds. The maximum atomic E-state index is 13.8. The number of morpholine rings is 1. The normalized spacial score (nSPS) is 13.8. The van der Waals surface area contributed by atoms with E-state index in [1.54, 1.807) is 18.2 Å². The SMILES string of the molecule is CC(=O)N(CCc1ccccc1F)CC(=O)Nc1ccccc1N1CCOCC1. The molecule has 3 rings (SSSR count). The highest BCUT2D eigenvalue weighted by Crippen LogP contribution is 2.26. The van der Waals surface area contributed by atoms with Gasteiger partial charge in [-0.05, 0) is 30.2 Å². The summed E-state index contributed by atoms with van der Waals surface area (Å²) >= 11 is 0. The van der Waals surface area contributed by atoms with Gasteiger partial charge in [-0.15, -0.1) is 0 Å². The van der Waals surface area contributed by atoms with Gasteiger partial charge in [0.05, 0.1) is 31.1 Å². The number of anilines is 2. The highest BCUT2D eigenvalue weighted by atomic mass is 19.1. The lowest BCUT2D eigenvalue weighted by Gasteiger charge is -2.30. The number of hydrogen-bond donors (Lipinski definition) is 1. The molecule has 0 aromatic heterocycles. The molecular weight excluding hydrogens is 373 g/mol. The van der Waals surface area contributed by atoms with Crippen LogP contribution >= 0.6 is 0 Å². The van der Waals surface area contributed by atoms with Gasteiger partial charge in [-0.1, -0.05) is 30.3 Å². The summed E-state index contributed by atoms with van der Waals surface area (Å²) in [6.07, 6.45) is 0.351. The Hall–Kier alpha value is -2.93. The molecule has 0 unspecified atom stereocenters. The van der Waals surface area contributed by atoms with Crippen molar-refractivity contribution in [2.24, 2.45) is 0 Å². The number of carbonyl (C=O) groups is 2. The lowest BCUT2D eigenvalue weighted by Crippen LogP contribution is -2.39. The summed E-state index contributed by atoms with van der Waals surface area (Å²) in [4.78, 5) is 28.2. The molecule has 1 aliphatic rings. The Kier molecular flexibility index (Phi) is 7.19. The molecule has 0 atom stereocenters. The molecule has 0 spiro atoms. The standard InChI is InChI=1S/C22H26FN3O3/c1-17(27)26(11-10-18-6-2-3-7-19(18)23)16-22(28)24-20-8-4-5-9-21(20)25-12-14-29-15-13-25/h2-9H,10-16H2,1H3,(H,24,28). The number of hydrogen-bond acceptors (Lipinski definition) is 4. The second-order valence-corrected chi connectivity index (χ2v) is 6.95. The largest absolute Gasteiger partial charge is 0.378 e. The summed E-state index contributed by atoms with van der Waals surface area (Å²) in [5, 5.41) is 2.91. The van der Waals surface area contributed by atoms with Gasteiger partial charge < -0.3 is 19.9 Å². The minimum absolute atomic E-state index is 0.0821. The zero-order valence-corrected chi connectivity index (χ0v) is 16.6. The zero-order valence-electron chi connectivity index (χ0n) is 16.6. The van der Waals surface area contributed by atoms with Crippen LogP contribution in [0.1, 0.15) is 12.5 Å². The Morgan fingerprint density at radius 1 is 1.10 bits per heavy atom. The van der Waals surface area contributed by atoms with Crippen molar-refractivity contribution < 1.29 is 18.7 Å². The van der Waals surface area contributed by atoms with Crippen LogP contribution in [0.5, 0.6) is 0 Å². The molecule has 1 saturated heterocycles. The number of carbonyl (C=O) groups excluding carboxylic acids is 2. The summed E-state index contributed by atoms with van der Waals surface area (Å²) in [5.41, 5.74) is 2.17. The lowest BCUT2D eigenvalue weighted by molar-refractivity contribution is -0.132. The van der Waals surface area contributed by atoms with Crippen molar-refractivity contribution in [3.05, 3.63) is 59.9 Å². The lowest BCUT2D eigenvalue weighted by atomic mass is 10.1. The van der Waals surface area contributed by atoms with Crippen LogP contribution in [0.4, 0.5) is 15.8 Å². The molecule has 1 N–H and O–H groups in total. The number of para-hydroxylation sites is 2. The third-order valence-corrected chi connectivity index (χ3v) is 4.92. The van der Waals surface area contributed by atoms with Gasteiger partial charge in [0, 0.05) is 26.6 Å². The van der Waals surface area contributed by atoms with E-state index in [-0.39, 0.29) is 30.7 Å². The molecule has 0 aliphatic carbocycles. The Balaban J connectivity index is 1.62. The highest BCUT2D eigenvalue weighted by Gasteiger charge is 2.18. The number of amides is 2. The molecule has 1 aliphatic heterocycles. The van der Waals surface area contributed by atoms with E-state index in [0.717, 1.165) is 18.8 Å². The Morgan fingerprint density at radius 3 is 2.52 bits per heavy atom. The zero-order chi connectivity index (χ0) is 20.6. The predicted molar refractivity (Wildman–Crippen MR) is 110 cm³/mol. The third kappa shape index (κ3) is 5.77. The molecule has 2 aromatic carbocycles. The van der Waals surface area contributed by atoms with Crippen molar-refractivity contribution in [2.75, 3.05) is 49.6 Å². The molecule has 154 valence electrons. The van der Waals surface area contributed by atoms with E-state index in [9.17, 15) is 14.0 Å². The maximum Gasteiger partial charge on any atom is 0.244 e. The van der Waals surface area contributed by atoms with Crippen LogP contribution in [0.2, 0.25) is 0 Å². The Labute approximate surface area is 170 Å². The van der Waals surface area contributed by atoms with E-state index in [1.807, 2.05) is 24.3 Å². The fraction of sp³-hybridized carbons (Fsp3) is 0.364. The summed E-state index contributed by atoms with van der Waals surface area (Å²) in [7, 11) is 0. The van der Waals surface area contributed by atoms with Crippen molar-refractivity contribution in [2.45, 2.75) is 13.3 Å². The van der Waals surface area contributed by atoms with Crippen LogP contribution in [0.25, 0.3) is 0 Å². The number of benzene rings is 2. The highest BCUT2D eigenvalue weighted by molar-refractivity contribution is 5.97. The third-order valence-electron chi connectivity index (χ3n) is 4.92. The van der Waals surface area contributed by atoms with E-state index in [1.165, 1.54) is 17.9 Å². The van der Waals surface area contributed by atoms with E-state index >= 15 is 0 Å². The quantitative estimate of drug-likeness (QED) is 0.778. The summed E-state index contributed by atoms with van der Waals surface area (Å²) < 4.78 is 19.2. The predicted octanol–water partition coefficient (Wildman–Crippen LogP) is 2.69. The van der Waals surface area contributed by atoms with Crippen LogP contribution < -0.4 is 10.2 Å². The fourth-order valence-electron chi connectivity index (χ4n) is 3.33. The molecular formula is C22H26FN3O3. The molecule has 0 saturated carbocycles. The first-order valence-electron chi connectivity index (χ1n) is 9.75. The molecule has 0 bridgehead atoms.